The van der Waals surface area contributed by atoms with Gasteiger partial charge in [0.25, 0.3) is 0 Å². The van der Waals surface area contributed by atoms with E-state index in [2.05, 4.69) is 9.88 Å². The second kappa shape index (κ2) is 7.49. The van der Waals surface area contributed by atoms with Gasteiger partial charge in [-0.15, -0.1) is 0 Å². The molecule has 2 aromatic rings. The Morgan fingerprint density at radius 2 is 1.96 bits per heavy atom. The molecule has 0 radical (unpaired) electrons. The molecule has 0 amide bonds. The summed E-state index contributed by atoms with van der Waals surface area (Å²) >= 11 is 0. The van der Waals surface area contributed by atoms with E-state index in [1.54, 1.807) is 13.8 Å². The number of carboxylic acid groups (broad SMARTS) is 1. The van der Waals surface area contributed by atoms with E-state index in [4.69, 9.17) is 15.4 Å². The summed E-state index contributed by atoms with van der Waals surface area (Å²) in [5.74, 6) is -0.489. The number of nitrogens with two attached hydrogens (primary N) is 1. The number of aryl methyl sites for hydroxylation is 2. The summed E-state index contributed by atoms with van der Waals surface area (Å²) < 4.78 is 20.1. The average molecular weight is 337 g/mol. The maximum absolute atomic E-state index is 12.2. The summed E-state index contributed by atoms with van der Waals surface area (Å²) in [4.78, 5) is 11.3. The maximum Gasteiger partial charge on any atom is 0.320 e. The number of hydrogen-bond donors (Lipinski definition) is 3. The third-order valence-corrected chi connectivity index (χ3v) is 4.72. The molecule has 8 heteroatoms. The smallest absolute Gasteiger partial charge is 0.320 e. The summed E-state index contributed by atoms with van der Waals surface area (Å²) in [5.41, 5.74) is 7.88. The molecule has 0 aliphatic heterocycles. The first-order valence-electron chi connectivity index (χ1n) is 7.03. The van der Waals surface area contributed by atoms with Crippen LogP contribution in [0.4, 0.5) is 0 Å². The number of aromatic nitrogens is 1. The summed E-state index contributed by atoms with van der Waals surface area (Å²) in [6.45, 7) is 3.86. The van der Waals surface area contributed by atoms with Crippen LogP contribution in [0.3, 0.4) is 0 Å². The van der Waals surface area contributed by atoms with Crippen molar-refractivity contribution in [3.05, 3.63) is 46.8 Å². The van der Waals surface area contributed by atoms with Gasteiger partial charge in [0.2, 0.25) is 0 Å². The minimum absolute atomic E-state index is 0.272. The predicted octanol–water partition coefficient (Wildman–Crippen LogP) is 1.06. The molecule has 7 nitrogen and oxygen atoms in total. The molecule has 0 spiro atoms. The summed E-state index contributed by atoms with van der Waals surface area (Å²) in [6, 6.07) is 6.42. The molecule has 23 heavy (non-hydrogen) atoms. The first-order valence-corrected chi connectivity index (χ1v) is 8.18. The lowest BCUT2D eigenvalue weighted by Gasteiger charge is -2.08. The molecule has 124 valence electrons. The van der Waals surface area contributed by atoms with Crippen LogP contribution in [0.5, 0.6) is 0 Å². The van der Waals surface area contributed by atoms with Crippen molar-refractivity contribution in [1.29, 1.82) is 0 Å². The Bertz CT molecular complexity index is 693. The van der Waals surface area contributed by atoms with Gasteiger partial charge in [-0.1, -0.05) is 29.4 Å². The van der Waals surface area contributed by atoms with Crippen LogP contribution in [0.1, 0.15) is 22.6 Å². The monoisotopic (exact) mass is 337 g/mol. The minimum atomic E-state index is -1.40. The molecule has 2 atom stereocenters. The number of benzene rings is 1. The van der Waals surface area contributed by atoms with E-state index in [9.17, 15) is 9.00 Å². The van der Waals surface area contributed by atoms with Crippen molar-refractivity contribution in [2.75, 3.05) is 0 Å². The lowest BCUT2D eigenvalue weighted by molar-refractivity contribution is -0.138. The summed E-state index contributed by atoms with van der Waals surface area (Å²) in [6.07, 6.45) is 0.272. The first-order chi connectivity index (χ1) is 10.9. The topological polar surface area (TPSA) is 118 Å². The number of hydrogen-bond acceptors (Lipinski definition) is 5. The van der Waals surface area contributed by atoms with E-state index < -0.39 is 23.0 Å². The Balaban J connectivity index is 1.94. The van der Waals surface area contributed by atoms with Crippen molar-refractivity contribution >= 4 is 17.0 Å². The highest BCUT2D eigenvalue weighted by atomic mass is 32.2. The molecule has 0 aliphatic rings. The highest BCUT2D eigenvalue weighted by Gasteiger charge is 2.16. The lowest BCUT2D eigenvalue weighted by Crippen LogP contribution is -2.32. The number of nitrogens with one attached hydrogen (secondary N) is 1. The molecule has 4 N–H and O–H groups in total. The Kier molecular flexibility index (Phi) is 5.64. The van der Waals surface area contributed by atoms with Crippen molar-refractivity contribution in [2.45, 2.75) is 37.8 Å². The molecule has 1 aromatic carbocycles. The minimum Gasteiger partial charge on any atom is -0.480 e. The first kappa shape index (κ1) is 17.3. The van der Waals surface area contributed by atoms with Crippen LogP contribution in [-0.2, 0) is 28.7 Å². The molecule has 0 fully saturated rings. The second-order valence-electron chi connectivity index (χ2n) is 5.21. The third-order valence-electron chi connectivity index (χ3n) is 3.36. The third kappa shape index (κ3) is 4.47. The summed E-state index contributed by atoms with van der Waals surface area (Å²) in [5, 5.41) is 12.6. The molecule has 1 heterocycles. The van der Waals surface area contributed by atoms with Crippen LogP contribution in [-0.4, -0.2) is 26.5 Å². The van der Waals surface area contributed by atoms with Crippen LogP contribution in [0.2, 0.25) is 0 Å². The van der Waals surface area contributed by atoms with Crippen LogP contribution >= 0.6 is 0 Å². The molecule has 0 bridgehead atoms. The number of rotatable bonds is 7. The van der Waals surface area contributed by atoms with Gasteiger partial charge >= 0.3 is 5.97 Å². The Hall–Kier alpha value is -2.03. The van der Waals surface area contributed by atoms with Crippen molar-refractivity contribution in [3.63, 3.8) is 0 Å². The van der Waals surface area contributed by atoms with Gasteiger partial charge in [-0.05, 0) is 31.4 Å². The number of aliphatic carboxylic acids is 1. The van der Waals surface area contributed by atoms with Crippen molar-refractivity contribution < 1.29 is 18.6 Å². The van der Waals surface area contributed by atoms with Crippen LogP contribution in [0.25, 0.3) is 0 Å². The van der Waals surface area contributed by atoms with Gasteiger partial charge in [-0.3, -0.25) is 4.79 Å². The SMILES string of the molecule is Cc1noc(C)c1S(=O)NCc1ccc(CC(N)C(=O)O)cc1. The zero-order valence-electron chi connectivity index (χ0n) is 12.9. The van der Waals surface area contributed by atoms with Gasteiger partial charge in [-0.2, -0.15) is 0 Å². The molecule has 2 rings (SSSR count). The van der Waals surface area contributed by atoms with Gasteiger partial charge in [0.15, 0.2) is 5.76 Å². The van der Waals surface area contributed by atoms with Gasteiger partial charge in [0, 0.05) is 6.54 Å². The molecular formula is C15H19N3O4S. The maximum atomic E-state index is 12.2. The fourth-order valence-corrected chi connectivity index (χ4v) is 3.14. The Morgan fingerprint density at radius 1 is 1.35 bits per heavy atom. The fourth-order valence-electron chi connectivity index (χ4n) is 2.09. The number of carbonyl (C=O) groups is 1. The molecular weight excluding hydrogens is 318 g/mol. The van der Waals surface area contributed by atoms with E-state index in [1.165, 1.54) is 0 Å². The Morgan fingerprint density at radius 3 is 2.48 bits per heavy atom. The number of nitrogens with zero attached hydrogens (tertiary/aromatic N) is 1. The molecule has 0 saturated carbocycles. The standard InChI is InChI=1S/C15H19N3O4S/c1-9-14(10(2)22-18-9)23(21)17-8-12-5-3-11(4-6-12)7-13(16)15(19)20/h3-6,13,17H,7-8,16H2,1-2H3,(H,19,20). The molecule has 1 aromatic heterocycles. The van der Waals surface area contributed by atoms with E-state index in [1.807, 2.05) is 24.3 Å². The quantitative estimate of drug-likeness (QED) is 0.695. The van der Waals surface area contributed by atoms with Crippen LogP contribution in [0, 0.1) is 13.8 Å². The zero-order chi connectivity index (χ0) is 17.0. The van der Waals surface area contributed by atoms with E-state index in [-0.39, 0.29) is 6.42 Å². The summed E-state index contributed by atoms with van der Waals surface area (Å²) in [7, 11) is -1.40. The van der Waals surface area contributed by atoms with Crippen molar-refractivity contribution in [1.82, 2.24) is 9.88 Å². The van der Waals surface area contributed by atoms with Gasteiger partial charge in [0.05, 0.1) is 5.69 Å². The molecule has 0 aliphatic carbocycles. The van der Waals surface area contributed by atoms with Crippen LogP contribution < -0.4 is 10.5 Å². The Labute approximate surface area is 136 Å². The van der Waals surface area contributed by atoms with E-state index >= 15 is 0 Å². The van der Waals surface area contributed by atoms with Gasteiger partial charge in [0.1, 0.15) is 21.9 Å². The predicted molar refractivity (Wildman–Crippen MR) is 85.0 cm³/mol. The zero-order valence-corrected chi connectivity index (χ0v) is 13.7. The van der Waals surface area contributed by atoms with E-state index in [0.717, 1.165) is 11.1 Å². The fraction of sp³-hybridized carbons (Fsp3) is 0.333. The highest BCUT2D eigenvalue weighted by Crippen LogP contribution is 2.16. The van der Waals surface area contributed by atoms with Gasteiger partial charge < -0.3 is 15.4 Å². The molecule has 0 saturated heterocycles. The number of carboxylic acids is 1. The average Bonchev–Trinajstić information content (AvgIpc) is 2.85. The normalized spacial score (nSPS) is 13.7. The van der Waals surface area contributed by atoms with Crippen LogP contribution in [0.15, 0.2) is 33.7 Å². The van der Waals surface area contributed by atoms with Crippen molar-refractivity contribution in [3.8, 4) is 0 Å². The molecule has 2 unspecified atom stereocenters. The second-order valence-corrected chi connectivity index (χ2v) is 6.44. The van der Waals surface area contributed by atoms with Crippen molar-refractivity contribution in [2.24, 2.45) is 5.73 Å². The largest absolute Gasteiger partial charge is 0.480 e. The lowest BCUT2D eigenvalue weighted by atomic mass is 10.0. The van der Waals surface area contributed by atoms with E-state index in [0.29, 0.717) is 22.9 Å². The highest BCUT2D eigenvalue weighted by molar-refractivity contribution is 7.83. The van der Waals surface area contributed by atoms with Gasteiger partial charge in [-0.25, -0.2) is 8.93 Å².